The minimum absolute atomic E-state index is 0.0878. The molecule has 1 amide bonds. The molecule has 116 valence electrons. The van der Waals surface area contributed by atoms with Crippen LogP contribution in [0.2, 0.25) is 0 Å². The quantitative estimate of drug-likeness (QED) is 0.652. The fourth-order valence-corrected chi connectivity index (χ4v) is 2.24. The maximum absolute atomic E-state index is 12.4. The molecule has 1 atom stereocenters. The van der Waals surface area contributed by atoms with Crippen molar-refractivity contribution in [3.8, 4) is 0 Å². The zero-order valence-electron chi connectivity index (χ0n) is 12.0. The van der Waals surface area contributed by atoms with Crippen LogP contribution in [0.4, 0.5) is 5.88 Å². The molecule has 0 bridgehead atoms. The number of carbonyl (C=O) groups is 1. The number of rotatable bonds is 6. The molecule has 1 unspecified atom stereocenters. The molecule has 1 aromatic heterocycles. The van der Waals surface area contributed by atoms with Crippen LogP contribution in [0.25, 0.3) is 0 Å². The van der Waals surface area contributed by atoms with Crippen molar-refractivity contribution in [2.45, 2.75) is 12.5 Å². The number of hydrogen-bond acceptors (Lipinski definition) is 5. The van der Waals surface area contributed by atoms with Gasteiger partial charge in [0.15, 0.2) is 5.76 Å². The lowest BCUT2D eigenvalue weighted by Gasteiger charge is -2.27. The van der Waals surface area contributed by atoms with Crippen LogP contribution in [0.1, 0.15) is 28.6 Å². The average Bonchev–Trinajstić information content (AvgIpc) is 3.02. The normalized spacial score (nSPS) is 11.9. The summed E-state index contributed by atoms with van der Waals surface area (Å²) in [4.78, 5) is 23.7. The fourth-order valence-electron chi connectivity index (χ4n) is 2.24. The molecule has 0 aliphatic rings. The number of hydrogen-bond donors (Lipinski definition) is 1. The van der Waals surface area contributed by atoms with Gasteiger partial charge in [-0.15, -0.1) is 0 Å². The zero-order chi connectivity index (χ0) is 16.1. The van der Waals surface area contributed by atoms with E-state index < -0.39 is 16.7 Å². The molecule has 22 heavy (non-hydrogen) atoms. The number of nitro groups is 1. The Hall–Kier alpha value is -2.67. The lowest BCUT2D eigenvalue weighted by molar-refractivity contribution is -0.402. The van der Waals surface area contributed by atoms with Gasteiger partial charge in [-0.25, -0.2) is 0 Å². The molecular formula is C15H16N2O5. The Kier molecular flexibility index (Phi) is 4.90. The number of benzene rings is 1. The summed E-state index contributed by atoms with van der Waals surface area (Å²) in [5.41, 5.74) is 0.869. The van der Waals surface area contributed by atoms with Gasteiger partial charge in [-0.2, -0.15) is 0 Å². The summed E-state index contributed by atoms with van der Waals surface area (Å²) in [5.74, 6) is -1.06. The largest absolute Gasteiger partial charge is 0.433 e. The van der Waals surface area contributed by atoms with Crippen LogP contribution in [0.15, 0.2) is 46.9 Å². The van der Waals surface area contributed by atoms with Gasteiger partial charge in [0.05, 0.1) is 12.1 Å². The number of aliphatic hydroxyl groups excluding tert-OH is 1. The van der Waals surface area contributed by atoms with Gasteiger partial charge < -0.3 is 14.4 Å². The molecule has 1 N–H and O–H groups in total. The van der Waals surface area contributed by atoms with E-state index in [4.69, 9.17) is 4.42 Å². The average molecular weight is 304 g/mol. The first-order valence-electron chi connectivity index (χ1n) is 6.71. The predicted octanol–water partition coefficient (Wildman–Crippen LogP) is 2.38. The van der Waals surface area contributed by atoms with Crippen molar-refractivity contribution in [2.75, 3.05) is 13.7 Å². The molecule has 1 aromatic carbocycles. The van der Waals surface area contributed by atoms with E-state index in [0.717, 1.165) is 11.6 Å². The van der Waals surface area contributed by atoms with E-state index in [1.54, 1.807) is 7.05 Å². The summed E-state index contributed by atoms with van der Waals surface area (Å²) in [6.07, 6.45) is 0.356. The Balaban J connectivity index is 2.24. The van der Waals surface area contributed by atoms with Crippen molar-refractivity contribution in [1.29, 1.82) is 0 Å². The minimum atomic E-state index is -0.695. The highest BCUT2D eigenvalue weighted by Crippen LogP contribution is 2.25. The summed E-state index contributed by atoms with van der Waals surface area (Å²) in [5, 5.41) is 19.8. The topological polar surface area (TPSA) is 96.8 Å². The van der Waals surface area contributed by atoms with Crippen LogP contribution in [0.5, 0.6) is 0 Å². The van der Waals surface area contributed by atoms with Crippen molar-refractivity contribution in [3.05, 3.63) is 63.9 Å². The Bertz CT molecular complexity index is 653. The van der Waals surface area contributed by atoms with Crippen LogP contribution < -0.4 is 0 Å². The Morgan fingerprint density at radius 1 is 1.32 bits per heavy atom. The lowest BCUT2D eigenvalue weighted by Crippen LogP contribution is -2.31. The Morgan fingerprint density at radius 3 is 2.55 bits per heavy atom. The van der Waals surface area contributed by atoms with Crippen molar-refractivity contribution >= 4 is 11.8 Å². The number of aliphatic hydroxyl groups is 1. The number of nitrogens with zero attached hydrogens (tertiary/aromatic N) is 2. The molecule has 2 aromatic rings. The standard InChI is InChI=1S/C15H16N2O5/c1-16(12(9-10-18)11-5-3-2-4-6-11)15(19)13-7-8-14(22-13)17(20)21/h2-8,12,18H,9-10H2,1H3. The third-order valence-electron chi connectivity index (χ3n) is 3.36. The molecule has 1 heterocycles. The van der Waals surface area contributed by atoms with Crippen molar-refractivity contribution in [3.63, 3.8) is 0 Å². The highest BCUT2D eigenvalue weighted by atomic mass is 16.6. The van der Waals surface area contributed by atoms with E-state index in [1.807, 2.05) is 30.3 Å². The number of carbonyl (C=O) groups excluding carboxylic acids is 1. The minimum Gasteiger partial charge on any atom is -0.396 e. The Labute approximate surface area is 126 Å². The van der Waals surface area contributed by atoms with Gasteiger partial charge in [-0.05, 0) is 18.1 Å². The molecule has 0 saturated heterocycles. The maximum atomic E-state index is 12.4. The molecule has 7 heteroatoms. The van der Waals surface area contributed by atoms with E-state index in [1.165, 1.54) is 11.0 Å². The van der Waals surface area contributed by atoms with E-state index >= 15 is 0 Å². The molecule has 0 spiro atoms. The highest BCUT2D eigenvalue weighted by molar-refractivity contribution is 5.91. The lowest BCUT2D eigenvalue weighted by atomic mass is 10.0. The number of amides is 1. The van der Waals surface area contributed by atoms with Gasteiger partial charge in [0, 0.05) is 13.7 Å². The predicted molar refractivity (Wildman–Crippen MR) is 78.3 cm³/mol. The SMILES string of the molecule is CN(C(=O)c1ccc([N+](=O)[O-])o1)C(CCO)c1ccccc1. The second-order valence-electron chi connectivity index (χ2n) is 4.75. The molecule has 0 saturated carbocycles. The molecule has 0 aliphatic heterocycles. The van der Waals surface area contributed by atoms with Gasteiger partial charge in [0.2, 0.25) is 0 Å². The van der Waals surface area contributed by atoms with Gasteiger partial charge in [0.1, 0.15) is 4.92 Å². The van der Waals surface area contributed by atoms with Crippen molar-refractivity contribution < 1.29 is 19.2 Å². The second kappa shape index (κ2) is 6.86. The maximum Gasteiger partial charge on any atom is 0.433 e. The monoisotopic (exact) mass is 304 g/mol. The van der Waals surface area contributed by atoms with E-state index in [0.29, 0.717) is 6.42 Å². The first kappa shape index (κ1) is 15.7. The molecule has 7 nitrogen and oxygen atoms in total. The fraction of sp³-hybridized carbons (Fsp3) is 0.267. The van der Waals surface area contributed by atoms with Gasteiger partial charge >= 0.3 is 5.88 Å². The van der Waals surface area contributed by atoms with Gasteiger partial charge in [-0.3, -0.25) is 14.9 Å². The summed E-state index contributed by atoms with van der Waals surface area (Å²) < 4.78 is 4.94. The summed E-state index contributed by atoms with van der Waals surface area (Å²) in [6, 6.07) is 11.3. The molecule has 2 rings (SSSR count). The third kappa shape index (κ3) is 3.32. The van der Waals surface area contributed by atoms with Crippen LogP contribution in [0.3, 0.4) is 0 Å². The van der Waals surface area contributed by atoms with Gasteiger partial charge in [-0.1, -0.05) is 30.3 Å². The van der Waals surface area contributed by atoms with Crippen LogP contribution in [-0.4, -0.2) is 34.5 Å². The first-order chi connectivity index (χ1) is 10.5. The van der Waals surface area contributed by atoms with Crippen LogP contribution >= 0.6 is 0 Å². The summed E-state index contributed by atoms with van der Waals surface area (Å²) in [6.45, 7) is -0.0878. The molecule has 0 radical (unpaired) electrons. The number of furan rings is 1. The van der Waals surface area contributed by atoms with E-state index in [2.05, 4.69) is 0 Å². The summed E-state index contributed by atoms with van der Waals surface area (Å²) in [7, 11) is 1.57. The molecule has 0 aliphatic carbocycles. The molecular weight excluding hydrogens is 288 g/mol. The Morgan fingerprint density at radius 2 is 2.00 bits per heavy atom. The second-order valence-corrected chi connectivity index (χ2v) is 4.75. The zero-order valence-corrected chi connectivity index (χ0v) is 12.0. The summed E-state index contributed by atoms with van der Waals surface area (Å²) >= 11 is 0. The smallest absolute Gasteiger partial charge is 0.396 e. The first-order valence-corrected chi connectivity index (χ1v) is 6.71. The van der Waals surface area contributed by atoms with Crippen LogP contribution in [-0.2, 0) is 0 Å². The molecule has 0 fully saturated rings. The van der Waals surface area contributed by atoms with Crippen molar-refractivity contribution in [1.82, 2.24) is 4.90 Å². The third-order valence-corrected chi connectivity index (χ3v) is 3.36. The van der Waals surface area contributed by atoms with E-state index in [-0.39, 0.29) is 18.4 Å². The van der Waals surface area contributed by atoms with Crippen LogP contribution in [0, 0.1) is 10.1 Å². The highest BCUT2D eigenvalue weighted by Gasteiger charge is 2.26. The van der Waals surface area contributed by atoms with E-state index in [9.17, 15) is 20.0 Å². The van der Waals surface area contributed by atoms with Crippen molar-refractivity contribution in [2.24, 2.45) is 0 Å². The van der Waals surface area contributed by atoms with Gasteiger partial charge in [0.25, 0.3) is 5.91 Å².